The van der Waals surface area contributed by atoms with Crippen molar-refractivity contribution in [2.45, 2.75) is 19.9 Å². The molecule has 3 aromatic rings. The van der Waals surface area contributed by atoms with Gasteiger partial charge in [-0.3, -0.25) is 4.68 Å². The average Bonchev–Trinajstić information content (AvgIpc) is 2.96. The van der Waals surface area contributed by atoms with E-state index in [1.165, 1.54) is 0 Å². The Morgan fingerprint density at radius 2 is 2.10 bits per heavy atom. The fourth-order valence-electron chi connectivity index (χ4n) is 2.18. The Morgan fingerprint density at radius 1 is 1.25 bits per heavy atom. The number of fused-ring (bicyclic) bond motifs is 1. The van der Waals surface area contributed by atoms with Crippen LogP contribution in [0.5, 0.6) is 0 Å². The standard InChI is InChI=1S/C13H15ClN6/c1-9-3-4-10-13(16-9)20(12(17-10)5-6-14)7-11-15-8-19(2)18-11/h3-4,8H,5-7H2,1-2H3. The van der Waals surface area contributed by atoms with Gasteiger partial charge in [0.15, 0.2) is 11.5 Å². The highest BCUT2D eigenvalue weighted by molar-refractivity contribution is 6.17. The van der Waals surface area contributed by atoms with Crippen LogP contribution < -0.4 is 0 Å². The second kappa shape index (κ2) is 5.20. The van der Waals surface area contributed by atoms with Crippen molar-refractivity contribution in [3.05, 3.63) is 35.8 Å². The molecular weight excluding hydrogens is 276 g/mol. The highest BCUT2D eigenvalue weighted by atomic mass is 35.5. The molecule has 0 N–H and O–H groups in total. The molecule has 0 amide bonds. The zero-order chi connectivity index (χ0) is 14.1. The van der Waals surface area contributed by atoms with Crippen molar-refractivity contribution in [3.8, 4) is 0 Å². The zero-order valence-corrected chi connectivity index (χ0v) is 12.2. The molecule has 0 saturated heterocycles. The lowest BCUT2D eigenvalue weighted by Gasteiger charge is -2.05. The van der Waals surface area contributed by atoms with Gasteiger partial charge in [0, 0.05) is 25.0 Å². The van der Waals surface area contributed by atoms with Gasteiger partial charge in [0.2, 0.25) is 0 Å². The highest BCUT2D eigenvalue weighted by Crippen LogP contribution is 2.16. The fourth-order valence-corrected chi connectivity index (χ4v) is 2.35. The number of alkyl halides is 1. The number of hydrogen-bond donors (Lipinski definition) is 0. The maximum absolute atomic E-state index is 5.86. The summed E-state index contributed by atoms with van der Waals surface area (Å²) in [5.74, 6) is 2.18. The van der Waals surface area contributed by atoms with Crippen molar-refractivity contribution < 1.29 is 0 Å². The minimum Gasteiger partial charge on any atom is -0.305 e. The SMILES string of the molecule is Cc1ccc2nc(CCCl)n(Cc3ncn(C)n3)c2n1. The molecule has 3 heterocycles. The molecule has 0 aliphatic rings. The average molecular weight is 291 g/mol. The molecule has 3 rings (SSSR count). The smallest absolute Gasteiger partial charge is 0.170 e. The summed E-state index contributed by atoms with van der Waals surface area (Å²) in [6, 6.07) is 3.95. The normalized spacial score (nSPS) is 11.3. The van der Waals surface area contributed by atoms with E-state index in [0.717, 1.165) is 28.5 Å². The van der Waals surface area contributed by atoms with E-state index in [-0.39, 0.29) is 0 Å². The Morgan fingerprint density at radius 3 is 2.80 bits per heavy atom. The van der Waals surface area contributed by atoms with Gasteiger partial charge in [0.25, 0.3) is 0 Å². The van der Waals surface area contributed by atoms with Crippen LogP contribution in [0, 0.1) is 6.92 Å². The number of rotatable bonds is 4. The van der Waals surface area contributed by atoms with Crippen molar-refractivity contribution in [2.75, 3.05) is 5.88 Å². The van der Waals surface area contributed by atoms with Gasteiger partial charge in [-0.1, -0.05) is 0 Å². The largest absolute Gasteiger partial charge is 0.305 e. The Labute approximate surface area is 121 Å². The number of nitrogens with zero attached hydrogens (tertiary/aromatic N) is 6. The lowest BCUT2D eigenvalue weighted by molar-refractivity contribution is 0.685. The van der Waals surface area contributed by atoms with Crippen LogP contribution in [0.2, 0.25) is 0 Å². The number of aromatic nitrogens is 6. The molecule has 0 aliphatic carbocycles. The summed E-state index contributed by atoms with van der Waals surface area (Å²) in [5.41, 5.74) is 2.70. The van der Waals surface area contributed by atoms with Crippen molar-refractivity contribution in [3.63, 3.8) is 0 Å². The third-order valence-electron chi connectivity index (χ3n) is 3.08. The summed E-state index contributed by atoms with van der Waals surface area (Å²) in [6.45, 7) is 2.52. The van der Waals surface area contributed by atoms with E-state index < -0.39 is 0 Å². The summed E-state index contributed by atoms with van der Waals surface area (Å²) in [5, 5.41) is 4.31. The second-order valence-electron chi connectivity index (χ2n) is 4.68. The number of imidazole rings is 1. The van der Waals surface area contributed by atoms with Gasteiger partial charge < -0.3 is 4.57 Å². The van der Waals surface area contributed by atoms with Crippen LogP contribution in [0.3, 0.4) is 0 Å². The molecule has 104 valence electrons. The molecule has 0 atom stereocenters. The maximum atomic E-state index is 5.86. The van der Waals surface area contributed by atoms with E-state index in [2.05, 4.69) is 20.1 Å². The van der Waals surface area contributed by atoms with Gasteiger partial charge >= 0.3 is 0 Å². The summed E-state index contributed by atoms with van der Waals surface area (Å²) in [7, 11) is 1.85. The van der Waals surface area contributed by atoms with Gasteiger partial charge in [-0.25, -0.2) is 15.0 Å². The maximum Gasteiger partial charge on any atom is 0.170 e. The van der Waals surface area contributed by atoms with E-state index in [4.69, 9.17) is 11.6 Å². The Bertz CT molecular complexity index is 744. The van der Waals surface area contributed by atoms with Gasteiger partial charge in [0.1, 0.15) is 17.7 Å². The van der Waals surface area contributed by atoms with E-state index in [0.29, 0.717) is 18.8 Å². The molecule has 0 saturated carbocycles. The van der Waals surface area contributed by atoms with Crippen LogP contribution in [0.4, 0.5) is 0 Å². The van der Waals surface area contributed by atoms with Gasteiger partial charge in [0.05, 0.1) is 6.54 Å². The molecule has 0 aliphatic heterocycles. The van der Waals surface area contributed by atoms with E-state index in [1.54, 1.807) is 11.0 Å². The minimum atomic E-state index is 0.526. The fraction of sp³-hybridized carbons (Fsp3) is 0.385. The third kappa shape index (κ3) is 2.38. The number of pyridine rings is 1. The van der Waals surface area contributed by atoms with Crippen LogP contribution in [-0.4, -0.2) is 35.2 Å². The first kappa shape index (κ1) is 13.1. The first-order valence-corrected chi connectivity index (χ1v) is 6.94. The quantitative estimate of drug-likeness (QED) is 0.686. The molecular formula is C13H15ClN6. The molecule has 20 heavy (non-hydrogen) atoms. The molecule has 0 bridgehead atoms. The van der Waals surface area contributed by atoms with Gasteiger partial charge in [-0.15, -0.1) is 11.6 Å². The van der Waals surface area contributed by atoms with Crippen molar-refractivity contribution in [2.24, 2.45) is 7.05 Å². The summed E-state index contributed by atoms with van der Waals surface area (Å²) in [4.78, 5) is 13.4. The molecule has 3 aromatic heterocycles. The highest BCUT2D eigenvalue weighted by Gasteiger charge is 2.13. The zero-order valence-electron chi connectivity index (χ0n) is 11.4. The van der Waals surface area contributed by atoms with Crippen LogP contribution >= 0.6 is 11.6 Å². The van der Waals surface area contributed by atoms with Crippen molar-refractivity contribution >= 4 is 22.8 Å². The Balaban J connectivity index is 2.09. The molecule has 0 radical (unpaired) electrons. The van der Waals surface area contributed by atoms with Crippen LogP contribution in [0.15, 0.2) is 18.5 Å². The molecule has 6 nitrogen and oxygen atoms in total. The monoisotopic (exact) mass is 290 g/mol. The van der Waals surface area contributed by atoms with E-state index >= 15 is 0 Å². The molecule has 0 unspecified atom stereocenters. The predicted molar refractivity (Wildman–Crippen MR) is 76.8 cm³/mol. The Kier molecular flexibility index (Phi) is 3.40. The topological polar surface area (TPSA) is 61.4 Å². The lowest BCUT2D eigenvalue weighted by Crippen LogP contribution is -2.08. The number of aryl methyl sites for hydroxylation is 3. The predicted octanol–water partition coefficient (Wildman–Crippen LogP) is 1.70. The van der Waals surface area contributed by atoms with Crippen LogP contribution in [0.1, 0.15) is 17.3 Å². The second-order valence-corrected chi connectivity index (χ2v) is 5.06. The number of hydrogen-bond acceptors (Lipinski definition) is 4. The minimum absolute atomic E-state index is 0.526. The molecule has 0 aromatic carbocycles. The van der Waals surface area contributed by atoms with Gasteiger partial charge in [-0.2, -0.15) is 5.10 Å². The molecule has 0 fully saturated rings. The van der Waals surface area contributed by atoms with Crippen molar-refractivity contribution in [1.82, 2.24) is 29.3 Å². The third-order valence-corrected chi connectivity index (χ3v) is 3.26. The first-order chi connectivity index (χ1) is 9.67. The molecule has 0 spiro atoms. The number of halogens is 1. The first-order valence-electron chi connectivity index (χ1n) is 6.40. The summed E-state index contributed by atoms with van der Waals surface area (Å²) >= 11 is 5.86. The van der Waals surface area contributed by atoms with Crippen LogP contribution in [-0.2, 0) is 20.0 Å². The lowest BCUT2D eigenvalue weighted by atomic mass is 10.3. The van der Waals surface area contributed by atoms with Crippen LogP contribution in [0.25, 0.3) is 11.2 Å². The van der Waals surface area contributed by atoms with Crippen molar-refractivity contribution in [1.29, 1.82) is 0 Å². The van der Waals surface area contributed by atoms with Gasteiger partial charge in [-0.05, 0) is 19.1 Å². The van der Waals surface area contributed by atoms with E-state index in [9.17, 15) is 0 Å². The summed E-state index contributed by atoms with van der Waals surface area (Å²) < 4.78 is 3.73. The van der Waals surface area contributed by atoms with E-state index in [1.807, 2.05) is 30.7 Å². The summed E-state index contributed by atoms with van der Waals surface area (Å²) in [6.07, 6.45) is 2.39. The Hall–Kier alpha value is -1.95. The molecule has 7 heteroatoms.